The minimum Gasteiger partial charge on any atom is -0.503 e. The third-order valence-electron chi connectivity index (χ3n) is 4.27. The predicted octanol–water partition coefficient (Wildman–Crippen LogP) is 3.86. The Balaban J connectivity index is 2.01. The summed E-state index contributed by atoms with van der Waals surface area (Å²) in [5.41, 5.74) is 3.27. The second kappa shape index (κ2) is 7.78. The molecule has 3 rings (SSSR count). The number of rotatable bonds is 6. The van der Waals surface area contributed by atoms with E-state index in [9.17, 15) is 4.79 Å². The van der Waals surface area contributed by atoms with Crippen molar-refractivity contribution >= 4 is 22.4 Å². The number of fused-ring (bicyclic) bond motifs is 1. The molecule has 5 heteroatoms. The van der Waals surface area contributed by atoms with E-state index in [2.05, 4.69) is 4.57 Å². The molecule has 0 spiro atoms. The standard InChI is InChI=1S/C21H21NO4/c1-24-14-19(21(23)26-3)18-7-5-4-6-16(18)13-22-11-10-15-12-17(25-2)8-9-20(15)22/h4-12,14H,13H2,1-3H3. The number of carbonyl (C=O) groups is 1. The van der Waals surface area contributed by atoms with Crippen LogP contribution in [0.3, 0.4) is 0 Å². The van der Waals surface area contributed by atoms with Crippen molar-refractivity contribution in [2.24, 2.45) is 0 Å². The number of methoxy groups -OCH3 is 3. The average molecular weight is 351 g/mol. The van der Waals surface area contributed by atoms with E-state index in [1.165, 1.54) is 20.5 Å². The van der Waals surface area contributed by atoms with Gasteiger partial charge >= 0.3 is 5.97 Å². The molecule has 26 heavy (non-hydrogen) atoms. The molecule has 2 aromatic carbocycles. The van der Waals surface area contributed by atoms with Crippen LogP contribution in [0, 0.1) is 0 Å². The third-order valence-corrected chi connectivity index (χ3v) is 4.27. The summed E-state index contributed by atoms with van der Waals surface area (Å²) in [6, 6.07) is 15.8. The summed E-state index contributed by atoms with van der Waals surface area (Å²) >= 11 is 0. The lowest BCUT2D eigenvalue weighted by Gasteiger charge is -2.13. The van der Waals surface area contributed by atoms with E-state index in [1.54, 1.807) is 7.11 Å². The normalized spacial score (nSPS) is 11.4. The Morgan fingerprint density at radius 3 is 2.62 bits per heavy atom. The van der Waals surface area contributed by atoms with Gasteiger partial charge in [0, 0.05) is 23.6 Å². The number of esters is 1. The Labute approximate surface area is 152 Å². The second-order valence-electron chi connectivity index (χ2n) is 5.78. The Hall–Kier alpha value is -3.21. The fraction of sp³-hybridized carbons (Fsp3) is 0.190. The van der Waals surface area contributed by atoms with Gasteiger partial charge in [-0.05, 0) is 35.4 Å². The highest BCUT2D eigenvalue weighted by Crippen LogP contribution is 2.26. The Morgan fingerprint density at radius 1 is 1.08 bits per heavy atom. The Kier molecular flexibility index (Phi) is 5.27. The molecule has 1 heterocycles. The first-order valence-corrected chi connectivity index (χ1v) is 8.20. The number of benzene rings is 2. The van der Waals surface area contributed by atoms with Crippen LogP contribution in [0.15, 0.2) is 61.0 Å². The number of hydrogen-bond acceptors (Lipinski definition) is 4. The molecular formula is C21H21NO4. The minimum absolute atomic E-state index is 0.392. The minimum atomic E-state index is -0.429. The maximum atomic E-state index is 12.1. The zero-order chi connectivity index (χ0) is 18.5. The Bertz CT molecular complexity index is 956. The fourth-order valence-corrected chi connectivity index (χ4v) is 3.00. The molecule has 0 saturated heterocycles. The number of carbonyl (C=O) groups excluding carboxylic acids is 1. The van der Waals surface area contributed by atoms with Gasteiger partial charge in [-0.1, -0.05) is 24.3 Å². The quantitative estimate of drug-likeness (QED) is 0.384. The van der Waals surface area contributed by atoms with Gasteiger partial charge < -0.3 is 18.8 Å². The molecule has 0 aliphatic carbocycles. The average Bonchev–Trinajstić information content (AvgIpc) is 3.08. The summed E-state index contributed by atoms with van der Waals surface area (Å²) in [6.45, 7) is 0.615. The zero-order valence-electron chi connectivity index (χ0n) is 15.1. The van der Waals surface area contributed by atoms with Crippen LogP contribution in [0.1, 0.15) is 11.1 Å². The molecule has 3 aromatic rings. The van der Waals surface area contributed by atoms with E-state index in [0.717, 1.165) is 27.8 Å². The maximum Gasteiger partial charge on any atom is 0.341 e. The smallest absolute Gasteiger partial charge is 0.341 e. The first-order chi connectivity index (χ1) is 12.7. The van der Waals surface area contributed by atoms with Crippen LogP contribution in [0.2, 0.25) is 0 Å². The second-order valence-corrected chi connectivity index (χ2v) is 5.78. The lowest BCUT2D eigenvalue weighted by Crippen LogP contribution is -2.08. The number of nitrogens with zero attached hydrogens (tertiary/aromatic N) is 1. The van der Waals surface area contributed by atoms with Crippen molar-refractivity contribution in [3.63, 3.8) is 0 Å². The van der Waals surface area contributed by atoms with E-state index < -0.39 is 5.97 Å². The van der Waals surface area contributed by atoms with Crippen LogP contribution < -0.4 is 4.74 Å². The van der Waals surface area contributed by atoms with Gasteiger partial charge in [-0.2, -0.15) is 0 Å². The summed E-state index contributed by atoms with van der Waals surface area (Å²) in [6.07, 6.45) is 3.45. The van der Waals surface area contributed by atoms with Gasteiger partial charge in [0.25, 0.3) is 0 Å². The largest absolute Gasteiger partial charge is 0.503 e. The summed E-state index contributed by atoms with van der Waals surface area (Å²) in [7, 11) is 4.53. The molecule has 134 valence electrons. The molecule has 0 aliphatic heterocycles. The van der Waals surface area contributed by atoms with Crippen LogP contribution in [0.4, 0.5) is 0 Å². The van der Waals surface area contributed by atoms with Gasteiger partial charge in [-0.3, -0.25) is 0 Å². The van der Waals surface area contributed by atoms with Gasteiger partial charge in [0.05, 0.1) is 27.6 Å². The molecule has 0 atom stereocenters. The van der Waals surface area contributed by atoms with Crippen LogP contribution in [0.5, 0.6) is 5.75 Å². The third kappa shape index (κ3) is 3.42. The first kappa shape index (κ1) is 17.6. The summed E-state index contributed by atoms with van der Waals surface area (Å²) in [5, 5.41) is 1.10. The van der Waals surface area contributed by atoms with E-state index >= 15 is 0 Å². The van der Waals surface area contributed by atoms with Crippen LogP contribution in [-0.4, -0.2) is 31.9 Å². The van der Waals surface area contributed by atoms with Gasteiger partial charge in [-0.25, -0.2) is 4.79 Å². The summed E-state index contributed by atoms with van der Waals surface area (Å²) in [4.78, 5) is 12.1. The highest BCUT2D eigenvalue weighted by molar-refractivity contribution is 6.16. The molecule has 0 N–H and O–H groups in total. The van der Waals surface area contributed by atoms with Crippen molar-refractivity contribution in [1.82, 2.24) is 4.57 Å². The van der Waals surface area contributed by atoms with E-state index in [0.29, 0.717) is 12.1 Å². The van der Waals surface area contributed by atoms with Crippen molar-refractivity contribution in [3.05, 3.63) is 72.1 Å². The molecule has 0 aliphatic rings. The zero-order valence-corrected chi connectivity index (χ0v) is 15.1. The van der Waals surface area contributed by atoms with Crippen molar-refractivity contribution < 1.29 is 19.0 Å². The molecule has 0 saturated carbocycles. The molecule has 1 aromatic heterocycles. The number of aromatic nitrogens is 1. The first-order valence-electron chi connectivity index (χ1n) is 8.20. The Morgan fingerprint density at radius 2 is 1.88 bits per heavy atom. The van der Waals surface area contributed by atoms with Crippen molar-refractivity contribution in [2.45, 2.75) is 6.54 Å². The van der Waals surface area contributed by atoms with Gasteiger partial charge in [-0.15, -0.1) is 0 Å². The fourth-order valence-electron chi connectivity index (χ4n) is 3.00. The predicted molar refractivity (Wildman–Crippen MR) is 101 cm³/mol. The molecule has 0 fully saturated rings. The molecule has 0 bridgehead atoms. The monoisotopic (exact) mass is 351 g/mol. The van der Waals surface area contributed by atoms with Crippen LogP contribution in [0.25, 0.3) is 16.5 Å². The lowest BCUT2D eigenvalue weighted by atomic mass is 10.0. The number of hydrogen-bond donors (Lipinski definition) is 0. The van der Waals surface area contributed by atoms with Crippen molar-refractivity contribution in [3.8, 4) is 5.75 Å². The highest BCUT2D eigenvalue weighted by atomic mass is 16.5. The summed E-state index contributed by atoms with van der Waals surface area (Å²) < 4.78 is 17.4. The van der Waals surface area contributed by atoms with Crippen molar-refractivity contribution in [2.75, 3.05) is 21.3 Å². The van der Waals surface area contributed by atoms with Crippen LogP contribution >= 0.6 is 0 Å². The van der Waals surface area contributed by atoms with E-state index in [-0.39, 0.29) is 0 Å². The van der Waals surface area contributed by atoms with E-state index in [1.807, 2.05) is 54.7 Å². The number of ether oxygens (including phenoxy) is 3. The van der Waals surface area contributed by atoms with Gasteiger partial charge in [0.1, 0.15) is 11.3 Å². The maximum absolute atomic E-state index is 12.1. The molecule has 0 amide bonds. The topological polar surface area (TPSA) is 49.7 Å². The summed E-state index contributed by atoms with van der Waals surface area (Å²) in [5.74, 6) is 0.396. The van der Waals surface area contributed by atoms with E-state index in [4.69, 9.17) is 14.2 Å². The van der Waals surface area contributed by atoms with Gasteiger partial charge in [0.15, 0.2) is 0 Å². The molecule has 0 unspecified atom stereocenters. The van der Waals surface area contributed by atoms with Crippen molar-refractivity contribution in [1.29, 1.82) is 0 Å². The molecule has 0 radical (unpaired) electrons. The SMILES string of the molecule is COC=C(C(=O)OC)c1ccccc1Cn1ccc2cc(OC)ccc21. The van der Waals surface area contributed by atoms with Crippen LogP contribution in [-0.2, 0) is 20.8 Å². The lowest BCUT2D eigenvalue weighted by molar-refractivity contribution is -0.133. The molecule has 5 nitrogen and oxygen atoms in total. The van der Waals surface area contributed by atoms with Gasteiger partial charge in [0.2, 0.25) is 0 Å². The molecular weight excluding hydrogens is 330 g/mol. The highest BCUT2D eigenvalue weighted by Gasteiger charge is 2.17.